The Morgan fingerprint density at radius 3 is 2.67 bits per heavy atom. The van der Waals surface area contributed by atoms with E-state index in [0.717, 1.165) is 18.4 Å². The van der Waals surface area contributed by atoms with Crippen molar-refractivity contribution in [1.82, 2.24) is 5.32 Å². The summed E-state index contributed by atoms with van der Waals surface area (Å²) in [5.41, 5.74) is 1.82. The van der Waals surface area contributed by atoms with Gasteiger partial charge < -0.3 is 10.4 Å². The van der Waals surface area contributed by atoms with Crippen molar-refractivity contribution in [3.05, 3.63) is 59.7 Å². The lowest BCUT2D eigenvalue weighted by Crippen LogP contribution is -2.35. The molecule has 8 heteroatoms. The van der Waals surface area contributed by atoms with Crippen molar-refractivity contribution in [3.8, 4) is 0 Å². The molecule has 0 bridgehead atoms. The molecule has 7 nitrogen and oxygen atoms in total. The minimum atomic E-state index is -3.81. The quantitative estimate of drug-likeness (QED) is 0.788. The molecule has 1 aliphatic heterocycles. The van der Waals surface area contributed by atoms with Crippen molar-refractivity contribution >= 4 is 27.6 Å². The molecule has 0 saturated heterocycles. The molecular weight excluding hydrogens is 368 g/mol. The fourth-order valence-electron chi connectivity index (χ4n) is 3.06. The lowest BCUT2D eigenvalue weighted by atomic mass is 10.0. The first kappa shape index (κ1) is 18.9. The second kappa shape index (κ2) is 7.79. The molecule has 1 aliphatic rings. The zero-order valence-electron chi connectivity index (χ0n) is 14.6. The predicted molar refractivity (Wildman–Crippen MR) is 100 cm³/mol. The van der Waals surface area contributed by atoms with E-state index in [2.05, 4.69) is 5.32 Å². The minimum absolute atomic E-state index is 0.0232. The van der Waals surface area contributed by atoms with Gasteiger partial charge in [-0.1, -0.05) is 24.3 Å². The van der Waals surface area contributed by atoms with Gasteiger partial charge in [0.25, 0.3) is 15.9 Å². The van der Waals surface area contributed by atoms with Crippen LogP contribution in [0.25, 0.3) is 0 Å². The van der Waals surface area contributed by atoms with Gasteiger partial charge in [0.15, 0.2) is 0 Å². The molecule has 0 spiro atoms. The average molecular weight is 388 g/mol. The van der Waals surface area contributed by atoms with Crippen LogP contribution in [0.15, 0.2) is 53.4 Å². The number of carboxylic acids is 1. The molecule has 0 atom stereocenters. The first-order valence-electron chi connectivity index (χ1n) is 8.60. The van der Waals surface area contributed by atoms with Crippen LogP contribution in [0, 0.1) is 0 Å². The van der Waals surface area contributed by atoms with Gasteiger partial charge in [0.1, 0.15) is 0 Å². The molecule has 0 radical (unpaired) electrons. The minimum Gasteiger partial charge on any atom is -0.481 e. The maximum absolute atomic E-state index is 13.1. The molecule has 0 fully saturated rings. The topological polar surface area (TPSA) is 104 Å². The van der Waals surface area contributed by atoms with Crippen LogP contribution in [0.1, 0.15) is 28.8 Å². The molecular formula is C19H20N2O5S. The Morgan fingerprint density at radius 2 is 1.89 bits per heavy atom. The number of sulfonamides is 1. The number of amides is 1. The predicted octanol–water partition coefficient (Wildman–Crippen LogP) is 2.03. The molecule has 0 unspecified atom stereocenters. The number of hydrogen-bond acceptors (Lipinski definition) is 4. The van der Waals surface area contributed by atoms with Crippen LogP contribution in [0.4, 0.5) is 5.69 Å². The Morgan fingerprint density at radius 1 is 1.11 bits per heavy atom. The highest BCUT2D eigenvalue weighted by Gasteiger charge is 2.29. The Bertz CT molecular complexity index is 972. The number of carboxylic acid groups (broad SMARTS) is 1. The van der Waals surface area contributed by atoms with Crippen molar-refractivity contribution in [2.45, 2.75) is 24.2 Å². The van der Waals surface area contributed by atoms with Crippen LogP contribution in [0.2, 0.25) is 0 Å². The Balaban J connectivity index is 1.86. The molecule has 3 rings (SSSR count). The average Bonchev–Trinajstić information content (AvgIpc) is 2.67. The lowest BCUT2D eigenvalue weighted by molar-refractivity contribution is -0.136. The summed E-state index contributed by atoms with van der Waals surface area (Å²) in [7, 11) is -3.81. The highest BCUT2D eigenvalue weighted by atomic mass is 32.2. The highest BCUT2D eigenvalue weighted by Crippen LogP contribution is 2.31. The normalized spacial score (nSPS) is 13.7. The van der Waals surface area contributed by atoms with E-state index in [1.807, 2.05) is 12.1 Å². The second-order valence-electron chi connectivity index (χ2n) is 6.24. The lowest BCUT2D eigenvalue weighted by Gasteiger charge is -2.30. The smallest absolute Gasteiger partial charge is 0.305 e. The van der Waals surface area contributed by atoms with E-state index in [1.54, 1.807) is 12.1 Å². The van der Waals surface area contributed by atoms with Crippen molar-refractivity contribution in [2.24, 2.45) is 0 Å². The SMILES string of the molecule is O=C(O)CCNC(=O)c1cccc(S(=O)(=O)N2CCCc3ccccc32)c1. The molecule has 2 aromatic rings. The summed E-state index contributed by atoms with van der Waals surface area (Å²) in [5.74, 6) is -1.53. The van der Waals surface area contributed by atoms with Gasteiger partial charge in [-0.25, -0.2) is 8.42 Å². The van der Waals surface area contributed by atoms with E-state index in [4.69, 9.17) is 5.11 Å². The van der Waals surface area contributed by atoms with Crippen molar-refractivity contribution in [3.63, 3.8) is 0 Å². The monoisotopic (exact) mass is 388 g/mol. The number of hydrogen-bond donors (Lipinski definition) is 2. The molecule has 142 valence electrons. The summed E-state index contributed by atoms with van der Waals surface area (Å²) in [6, 6.07) is 13.2. The number of anilines is 1. The third kappa shape index (κ3) is 4.11. The van der Waals surface area contributed by atoms with Gasteiger partial charge in [-0.15, -0.1) is 0 Å². The Labute approximate surface area is 157 Å². The molecule has 2 N–H and O–H groups in total. The van der Waals surface area contributed by atoms with E-state index in [-0.39, 0.29) is 23.4 Å². The maximum Gasteiger partial charge on any atom is 0.305 e. The van der Waals surface area contributed by atoms with Gasteiger partial charge in [-0.05, 0) is 42.7 Å². The second-order valence-corrected chi connectivity index (χ2v) is 8.10. The number of carbonyl (C=O) groups excluding carboxylic acids is 1. The van der Waals surface area contributed by atoms with E-state index in [1.165, 1.54) is 28.6 Å². The van der Waals surface area contributed by atoms with Crippen LogP contribution in [0.5, 0.6) is 0 Å². The molecule has 0 saturated carbocycles. The number of para-hydroxylation sites is 1. The van der Waals surface area contributed by atoms with Crippen LogP contribution in [-0.4, -0.2) is 38.5 Å². The summed E-state index contributed by atoms with van der Waals surface area (Å²) in [6.07, 6.45) is 1.36. The van der Waals surface area contributed by atoms with Crippen LogP contribution in [0.3, 0.4) is 0 Å². The Hall–Kier alpha value is -2.87. The van der Waals surface area contributed by atoms with Crippen LogP contribution < -0.4 is 9.62 Å². The van der Waals surface area contributed by atoms with Gasteiger partial charge in [0.2, 0.25) is 0 Å². The number of aliphatic carboxylic acids is 1. The third-order valence-electron chi connectivity index (χ3n) is 4.38. The largest absolute Gasteiger partial charge is 0.481 e. The molecule has 27 heavy (non-hydrogen) atoms. The van der Waals surface area contributed by atoms with E-state index in [9.17, 15) is 18.0 Å². The molecule has 0 aromatic heterocycles. The number of nitrogens with one attached hydrogen (secondary N) is 1. The van der Waals surface area contributed by atoms with Crippen molar-refractivity contribution < 1.29 is 23.1 Å². The third-order valence-corrected chi connectivity index (χ3v) is 6.19. The Kier molecular flexibility index (Phi) is 5.46. The maximum atomic E-state index is 13.1. The fraction of sp³-hybridized carbons (Fsp3) is 0.263. The number of rotatable bonds is 6. The molecule has 1 amide bonds. The standard InChI is InChI=1S/C19H20N2O5S/c22-18(23)10-11-20-19(24)15-6-3-8-16(13-15)27(25,26)21-12-4-7-14-5-1-2-9-17(14)21/h1-3,5-6,8-9,13H,4,7,10-12H2,(H,20,24)(H,22,23). The zero-order chi connectivity index (χ0) is 19.4. The van der Waals surface area contributed by atoms with Gasteiger partial charge in [-0.3, -0.25) is 13.9 Å². The zero-order valence-corrected chi connectivity index (χ0v) is 15.4. The first-order chi connectivity index (χ1) is 12.9. The van der Waals surface area contributed by atoms with Gasteiger partial charge in [0.05, 0.1) is 17.0 Å². The summed E-state index contributed by atoms with van der Waals surface area (Å²) in [5, 5.41) is 11.1. The number of aryl methyl sites for hydroxylation is 1. The van der Waals surface area contributed by atoms with Crippen molar-refractivity contribution in [1.29, 1.82) is 0 Å². The highest BCUT2D eigenvalue weighted by molar-refractivity contribution is 7.92. The molecule has 0 aliphatic carbocycles. The number of fused-ring (bicyclic) bond motifs is 1. The van der Waals surface area contributed by atoms with Crippen LogP contribution >= 0.6 is 0 Å². The van der Waals surface area contributed by atoms with Gasteiger partial charge in [-0.2, -0.15) is 0 Å². The number of benzene rings is 2. The summed E-state index contributed by atoms with van der Waals surface area (Å²) in [6.45, 7) is 0.360. The number of carbonyl (C=O) groups is 2. The van der Waals surface area contributed by atoms with E-state index >= 15 is 0 Å². The molecule has 1 heterocycles. The fourth-order valence-corrected chi connectivity index (χ4v) is 4.65. The van der Waals surface area contributed by atoms with Crippen LogP contribution in [-0.2, 0) is 21.2 Å². The summed E-state index contributed by atoms with van der Waals surface area (Å²) in [4.78, 5) is 22.7. The van der Waals surface area contributed by atoms with E-state index in [0.29, 0.717) is 12.2 Å². The first-order valence-corrected chi connectivity index (χ1v) is 10.0. The van der Waals surface area contributed by atoms with Crippen molar-refractivity contribution in [2.75, 3.05) is 17.4 Å². The van der Waals surface area contributed by atoms with E-state index < -0.39 is 21.9 Å². The summed E-state index contributed by atoms with van der Waals surface area (Å²) < 4.78 is 27.7. The van der Waals surface area contributed by atoms with Gasteiger partial charge >= 0.3 is 5.97 Å². The summed E-state index contributed by atoms with van der Waals surface area (Å²) >= 11 is 0. The molecule has 2 aromatic carbocycles. The number of nitrogens with zero attached hydrogens (tertiary/aromatic N) is 1. The van der Waals surface area contributed by atoms with Gasteiger partial charge in [0, 0.05) is 18.7 Å².